The monoisotopic (exact) mass is 324 g/mol. The fourth-order valence-electron chi connectivity index (χ4n) is 2.83. The van der Waals surface area contributed by atoms with Crippen LogP contribution in [0.2, 0.25) is 0 Å². The Morgan fingerprint density at radius 2 is 2.00 bits per heavy atom. The van der Waals surface area contributed by atoms with Crippen molar-refractivity contribution in [3.8, 4) is 0 Å². The van der Waals surface area contributed by atoms with Crippen molar-refractivity contribution in [2.75, 3.05) is 12.3 Å². The molecule has 1 aliphatic heterocycles. The molecule has 0 bridgehead atoms. The Bertz CT molecular complexity index is 440. The number of carbonyl (C=O) groups is 2. The zero-order valence-corrected chi connectivity index (χ0v) is 12.8. The highest BCUT2D eigenvalue weighted by Gasteiger charge is 2.56. The Balaban J connectivity index is 2.14. The zero-order chi connectivity index (χ0) is 15.8. The van der Waals surface area contributed by atoms with E-state index in [1.165, 1.54) is 4.90 Å². The summed E-state index contributed by atoms with van der Waals surface area (Å²) in [7, 11) is 0. The second-order valence-corrected chi connectivity index (χ2v) is 6.80. The van der Waals surface area contributed by atoms with E-state index in [4.69, 9.17) is 0 Å². The largest absolute Gasteiger partial charge is 0.441 e. The maximum atomic E-state index is 12.4. The molecule has 1 saturated heterocycles. The zero-order valence-electron chi connectivity index (χ0n) is 12.0. The van der Waals surface area contributed by atoms with Gasteiger partial charge in [0.15, 0.2) is 0 Å². The van der Waals surface area contributed by atoms with Crippen LogP contribution in [0.5, 0.6) is 0 Å². The van der Waals surface area contributed by atoms with Crippen LogP contribution in [-0.4, -0.2) is 46.1 Å². The Morgan fingerprint density at radius 3 is 2.48 bits per heavy atom. The standard InChI is InChI=1S/C13H19F3N2O2S/c1-3-9-10(19)18(6-7-21-13(14,15)16)12(2,8-4-5-8)11(20)17-9/h8-9H,3-7H2,1-2H3,(H,17,20). The summed E-state index contributed by atoms with van der Waals surface area (Å²) in [6, 6.07) is -0.625. The fraction of sp³-hybridized carbons (Fsp3) is 0.846. The number of thioether (sulfide) groups is 1. The highest BCUT2D eigenvalue weighted by molar-refractivity contribution is 8.00. The van der Waals surface area contributed by atoms with Gasteiger partial charge < -0.3 is 10.2 Å². The SMILES string of the molecule is CCC1NC(=O)C(C)(C2CC2)N(CCSC(F)(F)F)C1=O. The molecule has 0 aromatic carbocycles. The van der Waals surface area contributed by atoms with Gasteiger partial charge in [-0.15, -0.1) is 0 Å². The summed E-state index contributed by atoms with van der Waals surface area (Å²) in [5.41, 5.74) is -5.32. The lowest BCUT2D eigenvalue weighted by Gasteiger charge is -2.46. The highest BCUT2D eigenvalue weighted by atomic mass is 32.2. The molecular weight excluding hydrogens is 305 g/mol. The van der Waals surface area contributed by atoms with Crippen molar-refractivity contribution >= 4 is 23.6 Å². The number of amides is 2. The first-order chi connectivity index (χ1) is 9.70. The van der Waals surface area contributed by atoms with Gasteiger partial charge in [-0.25, -0.2) is 0 Å². The molecule has 21 heavy (non-hydrogen) atoms. The van der Waals surface area contributed by atoms with Crippen molar-refractivity contribution in [2.24, 2.45) is 5.92 Å². The summed E-state index contributed by atoms with van der Waals surface area (Å²) >= 11 is -0.153. The van der Waals surface area contributed by atoms with Crippen molar-refractivity contribution < 1.29 is 22.8 Å². The smallest absolute Gasteiger partial charge is 0.342 e. The quantitative estimate of drug-likeness (QED) is 0.843. The van der Waals surface area contributed by atoms with Gasteiger partial charge in [0.25, 0.3) is 0 Å². The number of hydrogen-bond acceptors (Lipinski definition) is 3. The molecule has 120 valence electrons. The molecule has 2 atom stereocenters. The average molecular weight is 324 g/mol. The molecule has 8 heteroatoms. The molecule has 1 aliphatic carbocycles. The molecular formula is C13H19F3N2O2S. The van der Waals surface area contributed by atoms with Crippen LogP contribution in [0.25, 0.3) is 0 Å². The Morgan fingerprint density at radius 1 is 1.38 bits per heavy atom. The minimum Gasteiger partial charge on any atom is -0.342 e. The first kappa shape index (κ1) is 16.5. The third-order valence-corrected chi connectivity index (χ3v) is 4.97. The van der Waals surface area contributed by atoms with Crippen LogP contribution in [0.1, 0.15) is 33.1 Å². The van der Waals surface area contributed by atoms with E-state index in [-0.39, 0.29) is 41.8 Å². The van der Waals surface area contributed by atoms with Gasteiger partial charge in [-0.05, 0) is 43.9 Å². The van der Waals surface area contributed by atoms with Crippen molar-refractivity contribution in [1.29, 1.82) is 0 Å². The fourth-order valence-corrected chi connectivity index (χ4v) is 3.33. The van der Waals surface area contributed by atoms with Gasteiger partial charge in [0.05, 0.1) is 0 Å². The molecule has 0 spiro atoms. The van der Waals surface area contributed by atoms with E-state index in [9.17, 15) is 22.8 Å². The number of alkyl halides is 3. The first-order valence-electron chi connectivity index (χ1n) is 7.03. The number of nitrogens with zero attached hydrogens (tertiary/aromatic N) is 1. The Hall–Kier alpha value is -0.920. The van der Waals surface area contributed by atoms with Crippen LogP contribution in [0.4, 0.5) is 13.2 Å². The highest BCUT2D eigenvalue weighted by Crippen LogP contribution is 2.45. The van der Waals surface area contributed by atoms with Gasteiger partial charge in [0.2, 0.25) is 11.8 Å². The molecule has 1 N–H and O–H groups in total. The molecule has 1 heterocycles. The molecule has 0 aromatic heterocycles. The van der Waals surface area contributed by atoms with Gasteiger partial charge in [0, 0.05) is 12.3 Å². The van der Waals surface area contributed by atoms with Crippen LogP contribution >= 0.6 is 11.8 Å². The molecule has 2 unspecified atom stereocenters. The van der Waals surface area contributed by atoms with Gasteiger partial charge in [-0.2, -0.15) is 13.2 Å². The maximum Gasteiger partial charge on any atom is 0.441 e. The maximum absolute atomic E-state index is 12.4. The summed E-state index contributed by atoms with van der Waals surface area (Å²) in [5, 5.41) is 2.71. The Kier molecular flexibility index (Phi) is 4.46. The predicted molar refractivity (Wildman–Crippen MR) is 73.6 cm³/mol. The predicted octanol–water partition coefficient (Wildman–Crippen LogP) is 2.15. The molecule has 2 aliphatic rings. The number of rotatable bonds is 5. The summed E-state index contributed by atoms with van der Waals surface area (Å²) < 4.78 is 36.8. The lowest BCUT2D eigenvalue weighted by molar-refractivity contribution is -0.157. The van der Waals surface area contributed by atoms with E-state index in [1.54, 1.807) is 13.8 Å². The minimum absolute atomic E-state index is 0.0511. The van der Waals surface area contributed by atoms with E-state index in [0.717, 1.165) is 12.8 Å². The lowest BCUT2D eigenvalue weighted by Crippen LogP contribution is -2.70. The Labute approximate surface area is 125 Å². The van der Waals surface area contributed by atoms with Gasteiger partial charge in [-0.1, -0.05) is 6.92 Å². The number of hydrogen-bond donors (Lipinski definition) is 1. The van der Waals surface area contributed by atoms with E-state index in [1.807, 2.05) is 0 Å². The number of carbonyl (C=O) groups excluding carboxylic acids is 2. The summed E-state index contributed by atoms with van der Waals surface area (Å²) in [6.07, 6.45) is 2.10. The summed E-state index contributed by atoms with van der Waals surface area (Å²) in [6.45, 7) is 3.38. The average Bonchev–Trinajstić information content (AvgIpc) is 3.21. The molecule has 2 fully saturated rings. The first-order valence-corrected chi connectivity index (χ1v) is 8.01. The molecule has 2 rings (SSSR count). The van der Waals surface area contributed by atoms with E-state index >= 15 is 0 Å². The van der Waals surface area contributed by atoms with Crippen molar-refractivity contribution in [3.63, 3.8) is 0 Å². The number of nitrogens with one attached hydrogen (secondary N) is 1. The van der Waals surface area contributed by atoms with Gasteiger partial charge in [0.1, 0.15) is 11.6 Å². The van der Waals surface area contributed by atoms with E-state index in [2.05, 4.69) is 5.32 Å². The molecule has 0 aromatic rings. The second kappa shape index (κ2) is 5.70. The van der Waals surface area contributed by atoms with Crippen LogP contribution in [0, 0.1) is 5.92 Å². The van der Waals surface area contributed by atoms with E-state index < -0.39 is 17.1 Å². The van der Waals surface area contributed by atoms with Gasteiger partial charge >= 0.3 is 5.51 Å². The summed E-state index contributed by atoms with van der Waals surface area (Å²) in [4.78, 5) is 26.1. The van der Waals surface area contributed by atoms with Crippen LogP contribution < -0.4 is 5.32 Å². The molecule has 0 radical (unpaired) electrons. The van der Waals surface area contributed by atoms with Crippen LogP contribution in [-0.2, 0) is 9.59 Å². The second-order valence-electron chi connectivity index (χ2n) is 5.64. The van der Waals surface area contributed by atoms with Crippen molar-refractivity contribution in [3.05, 3.63) is 0 Å². The van der Waals surface area contributed by atoms with Crippen LogP contribution in [0.15, 0.2) is 0 Å². The number of piperazine rings is 1. The topological polar surface area (TPSA) is 49.4 Å². The molecule has 4 nitrogen and oxygen atoms in total. The third-order valence-electron chi connectivity index (χ3n) is 4.25. The summed E-state index contributed by atoms with van der Waals surface area (Å²) in [5.74, 6) is -0.709. The normalized spacial score (nSPS) is 30.5. The van der Waals surface area contributed by atoms with Crippen molar-refractivity contribution in [2.45, 2.75) is 50.2 Å². The van der Waals surface area contributed by atoms with Crippen LogP contribution in [0.3, 0.4) is 0 Å². The lowest BCUT2D eigenvalue weighted by atomic mass is 9.88. The van der Waals surface area contributed by atoms with Crippen molar-refractivity contribution in [1.82, 2.24) is 10.2 Å². The third kappa shape index (κ3) is 3.30. The molecule has 1 saturated carbocycles. The van der Waals surface area contributed by atoms with E-state index in [0.29, 0.717) is 6.42 Å². The molecule has 2 amide bonds. The number of halogens is 3. The minimum atomic E-state index is -4.32. The van der Waals surface area contributed by atoms with Gasteiger partial charge in [-0.3, -0.25) is 9.59 Å².